The van der Waals surface area contributed by atoms with Crippen LogP contribution >= 0.6 is 0 Å². The fourth-order valence-corrected chi connectivity index (χ4v) is 4.77. The molecule has 0 aromatic heterocycles. The summed E-state index contributed by atoms with van der Waals surface area (Å²) in [5.74, 6) is 0.602. The zero-order chi connectivity index (χ0) is 15.4. The van der Waals surface area contributed by atoms with Gasteiger partial charge in [-0.25, -0.2) is 8.42 Å². The average Bonchev–Trinajstić information content (AvgIpc) is 2.89. The Morgan fingerprint density at radius 2 is 1.36 bits per heavy atom. The number of hydrogen-bond acceptors (Lipinski definition) is 3. The van der Waals surface area contributed by atoms with Crippen LogP contribution in [0.5, 0.6) is 0 Å². The Morgan fingerprint density at radius 1 is 0.864 bits per heavy atom. The molecule has 3 rings (SSSR count). The van der Waals surface area contributed by atoms with E-state index in [9.17, 15) is 8.42 Å². The molecule has 0 N–H and O–H groups in total. The molecule has 1 saturated heterocycles. The van der Waals surface area contributed by atoms with Gasteiger partial charge in [0.15, 0.2) is 9.84 Å². The van der Waals surface area contributed by atoms with Gasteiger partial charge in [0.1, 0.15) is 0 Å². The third kappa shape index (κ3) is 3.96. The van der Waals surface area contributed by atoms with Gasteiger partial charge in [-0.1, -0.05) is 60.7 Å². The predicted octanol–water partition coefficient (Wildman–Crippen LogP) is 2.88. The van der Waals surface area contributed by atoms with Gasteiger partial charge in [0.05, 0.1) is 11.5 Å². The van der Waals surface area contributed by atoms with Crippen LogP contribution in [-0.2, 0) is 22.9 Å². The Hall–Kier alpha value is -1.65. The Kier molecular flexibility index (Phi) is 4.60. The summed E-state index contributed by atoms with van der Waals surface area (Å²) in [4.78, 5) is 2.30. The van der Waals surface area contributed by atoms with Crippen molar-refractivity contribution in [3.63, 3.8) is 0 Å². The van der Waals surface area contributed by atoms with E-state index >= 15 is 0 Å². The van der Waals surface area contributed by atoms with Gasteiger partial charge in [-0.2, -0.15) is 0 Å². The van der Waals surface area contributed by atoms with Gasteiger partial charge in [-0.05, 0) is 17.5 Å². The molecule has 0 amide bonds. The van der Waals surface area contributed by atoms with Gasteiger partial charge in [-0.15, -0.1) is 0 Å². The summed E-state index contributed by atoms with van der Waals surface area (Å²) >= 11 is 0. The SMILES string of the molecule is O=S1(=O)CCC(N(Cc2ccccc2)Cc2ccccc2)C1. The number of sulfone groups is 1. The zero-order valence-corrected chi connectivity index (χ0v) is 13.4. The summed E-state index contributed by atoms with van der Waals surface area (Å²) < 4.78 is 23.6. The lowest BCUT2D eigenvalue weighted by Gasteiger charge is -2.28. The van der Waals surface area contributed by atoms with Crippen LogP contribution in [0, 0.1) is 0 Å². The van der Waals surface area contributed by atoms with E-state index in [1.165, 1.54) is 11.1 Å². The van der Waals surface area contributed by atoms with Crippen LogP contribution in [-0.4, -0.2) is 30.9 Å². The van der Waals surface area contributed by atoms with E-state index in [1.54, 1.807) is 0 Å². The second-order valence-corrected chi connectivity index (χ2v) is 8.16. The first-order valence-corrected chi connectivity index (χ1v) is 9.47. The maximum atomic E-state index is 11.8. The minimum atomic E-state index is -2.87. The molecule has 3 nitrogen and oxygen atoms in total. The topological polar surface area (TPSA) is 37.4 Å². The molecule has 116 valence electrons. The minimum Gasteiger partial charge on any atom is -0.291 e. The van der Waals surface area contributed by atoms with Crippen LogP contribution in [0.1, 0.15) is 17.5 Å². The van der Waals surface area contributed by atoms with Gasteiger partial charge in [0, 0.05) is 19.1 Å². The fourth-order valence-electron chi connectivity index (χ4n) is 3.01. The highest BCUT2D eigenvalue weighted by atomic mass is 32.2. The summed E-state index contributed by atoms with van der Waals surface area (Å²) in [6.45, 7) is 1.58. The lowest BCUT2D eigenvalue weighted by Crippen LogP contribution is -2.35. The molecule has 0 aliphatic carbocycles. The lowest BCUT2D eigenvalue weighted by molar-refractivity contribution is 0.194. The molecule has 2 aromatic carbocycles. The predicted molar refractivity (Wildman–Crippen MR) is 89.2 cm³/mol. The fraction of sp³-hybridized carbons (Fsp3) is 0.333. The van der Waals surface area contributed by atoms with Crippen molar-refractivity contribution in [1.82, 2.24) is 4.90 Å². The van der Waals surface area contributed by atoms with E-state index in [4.69, 9.17) is 0 Å². The normalized spacial score (nSPS) is 20.3. The maximum Gasteiger partial charge on any atom is 0.151 e. The molecule has 1 unspecified atom stereocenters. The second kappa shape index (κ2) is 6.63. The van der Waals surface area contributed by atoms with Gasteiger partial charge < -0.3 is 0 Å². The number of hydrogen-bond donors (Lipinski definition) is 0. The van der Waals surface area contributed by atoms with Gasteiger partial charge in [0.2, 0.25) is 0 Å². The highest BCUT2D eigenvalue weighted by Gasteiger charge is 2.32. The van der Waals surface area contributed by atoms with Gasteiger partial charge >= 0.3 is 0 Å². The van der Waals surface area contributed by atoms with E-state index in [-0.39, 0.29) is 11.8 Å². The van der Waals surface area contributed by atoms with Gasteiger partial charge in [0.25, 0.3) is 0 Å². The highest BCUT2D eigenvalue weighted by molar-refractivity contribution is 7.91. The van der Waals surface area contributed by atoms with Crippen molar-refractivity contribution in [2.75, 3.05) is 11.5 Å². The Bertz CT molecular complexity index is 657. The summed E-state index contributed by atoms with van der Waals surface area (Å²) in [5.41, 5.74) is 2.45. The average molecular weight is 315 g/mol. The Morgan fingerprint density at radius 3 is 1.77 bits per heavy atom. The van der Waals surface area contributed by atoms with E-state index in [0.29, 0.717) is 5.75 Å². The molecule has 0 bridgehead atoms. The summed E-state index contributed by atoms with van der Waals surface area (Å²) in [5, 5.41) is 0. The zero-order valence-electron chi connectivity index (χ0n) is 12.6. The molecule has 1 atom stereocenters. The monoisotopic (exact) mass is 315 g/mol. The largest absolute Gasteiger partial charge is 0.291 e. The molecule has 2 aromatic rings. The highest BCUT2D eigenvalue weighted by Crippen LogP contribution is 2.22. The third-order valence-electron chi connectivity index (χ3n) is 4.18. The van der Waals surface area contributed by atoms with E-state index in [0.717, 1.165) is 19.5 Å². The molecular weight excluding hydrogens is 294 g/mol. The molecule has 0 saturated carbocycles. The van der Waals surface area contributed by atoms with E-state index in [2.05, 4.69) is 29.2 Å². The standard InChI is InChI=1S/C18H21NO2S/c20-22(21)12-11-18(15-22)19(13-16-7-3-1-4-8-16)14-17-9-5-2-6-10-17/h1-10,18H,11-15H2. The molecule has 1 heterocycles. The number of rotatable bonds is 5. The van der Waals surface area contributed by atoms with Crippen LogP contribution in [0.15, 0.2) is 60.7 Å². The van der Waals surface area contributed by atoms with Crippen LogP contribution in [0.25, 0.3) is 0 Å². The van der Waals surface area contributed by atoms with Crippen LogP contribution in [0.2, 0.25) is 0 Å². The molecule has 22 heavy (non-hydrogen) atoms. The molecule has 4 heteroatoms. The number of benzene rings is 2. The molecule has 1 aliphatic heterocycles. The Labute approximate surface area is 132 Å². The summed E-state index contributed by atoms with van der Waals surface area (Å²) in [7, 11) is -2.87. The second-order valence-electron chi connectivity index (χ2n) is 5.93. The van der Waals surface area contributed by atoms with Crippen LogP contribution in [0.4, 0.5) is 0 Å². The van der Waals surface area contributed by atoms with Gasteiger partial charge in [-0.3, -0.25) is 4.90 Å². The molecule has 1 aliphatic rings. The van der Waals surface area contributed by atoms with Crippen molar-refractivity contribution in [2.45, 2.75) is 25.6 Å². The van der Waals surface area contributed by atoms with Crippen molar-refractivity contribution >= 4 is 9.84 Å². The van der Waals surface area contributed by atoms with Crippen LogP contribution in [0.3, 0.4) is 0 Å². The number of nitrogens with zero attached hydrogens (tertiary/aromatic N) is 1. The first-order chi connectivity index (χ1) is 10.6. The molecule has 0 spiro atoms. The molecular formula is C18H21NO2S. The first kappa shape index (κ1) is 15.3. The van der Waals surface area contributed by atoms with E-state index in [1.807, 2.05) is 36.4 Å². The maximum absolute atomic E-state index is 11.8. The van der Waals surface area contributed by atoms with E-state index < -0.39 is 9.84 Å². The van der Waals surface area contributed by atoms with Crippen LogP contribution < -0.4 is 0 Å². The minimum absolute atomic E-state index is 0.116. The quantitative estimate of drug-likeness (QED) is 0.851. The Balaban J connectivity index is 1.79. The van der Waals surface area contributed by atoms with Crippen molar-refractivity contribution in [1.29, 1.82) is 0 Å². The molecule has 1 fully saturated rings. The molecule has 0 radical (unpaired) electrons. The van der Waals surface area contributed by atoms with Crippen molar-refractivity contribution in [2.24, 2.45) is 0 Å². The summed E-state index contributed by atoms with van der Waals surface area (Å²) in [6.07, 6.45) is 0.738. The summed E-state index contributed by atoms with van der Waals surface area (Å²) in [6, 6.07) is 20.6. The van der Waals surface area contributed by atoms with Crippen molar-refractivity contribution in [3.8, 4) is 0 Å². The third-order valence-corrected chi connectivity index (χ3v) is 5.93. The lowest BCUT2D eigenvalue weighted by atomic mass is 10.1. The van der Waals surface area contributed by atoms with Crippen molar-refractivity contribution in [3.05, 3.63) is 71.8 Å². The first-order valence-electron chi connectivity index (χ1n) is 7.65. The van der Waals surface area contributed by atoms with Crippen molar-refractivity contribution < 1.29 is 8.42 Å². The smallest absolute Gasteiger partial charge is 0.151 e.